The zero-order valence-electron chi connectivity index (χ0n) is 19.6. The number of aryl methyl sites for hydroxylation is 2. The molecule has 0 saturated heterocycles. The van der Waals surface area contributed by atoms with Gasteiger partial charge in [-0.1, -0.05) is 29.4 Å². The predicted molar refractivity (Wildman–Crippen MR) is 132 cm³/mol. The van der Waals surface area contributed by atoms with Crippen molar-refractivity contribution in [2.45, 2.75) is 38.7 Å². The van der Waals surface area contributed by atoms with Crippen LogP contribution in [-0.4, -0.2) is 31.3 Å². The summed E-state index contributed by atoms with van der Waals surface area (Å²) in [6.45, 7) is 5.51. The third kappa shape index (κ3) is 5.76. The second-order valence-corrected chi connectivity index (χ2v) is 9.49. The Kier molecular flexibility index (Phi) is 7.46. The van der Waals surface area contributed by atoms with Crippen LogP contribution in [0.1, 0.15) is 38.7 Å². The van der Waals surface area contributed by atoms with E-state index in [9.17, 15) is 18.0 Å². The number of Topliss-reactive ketones (excluding diaryl/α,β-unsaturated/α-hetero) is 1. The number of nitrogens with zero attached hydrogens (tertiary/aromatic N) is 3. The number of hydrogen-bond donors (Lipinski definition) is 1. The Morgan fingerprint density at radius 1 is 1.14 bits per heavy atom. The van der Waals surface area contributed by atoms with Gasteiger partial charge in [0.1, 0.15) is 12.4 Å². The maximum Gasteiger partial charge on any atom is 0.416 e. The van der Waals surface area contributed by atoms with E-state index < -0.39 is 11.7 Å². The van der Waals surface area contributed by atoms with Crippen molar-refractivity contribution < 1.29 is 22.7 Å². The molecule has 0 amide bonds. The zero-order valence-corrected chi connectivity index (χ0v) is 21.2. The number of halogens is 4. The SMILES string of the molecule is Cc1cc(OCc2nc(SCC(=O)c3cc(C)n(-c4cccc(C(F)(F)F)c4)c3C)n[nH]2)ccc1Cl. The standard InChI is InChI=1S/C25H22ClF3N4O2S/c1-14-9-19(7-8-21(14)26)35-12-23-30-24(32-31-23)36-13-22(34)20-10-15(2)33(16(20)3)18-6-4-5-17(11-18)25(27,28)29/h4-11H,12-13H2,1-3H3,(H,30,31,32). The fourth-order valence-electron chi connectivity index (χ4n) is 3.74. The summed E-state index contributed by atoms with van der Waals surface area (Å²) < 4.78 is 46.8. The average molecular weight is 535 g/mol. The fourth-order valence-corrected chi connectivity index (χ4v) is 4.56. The van der Waals surface area contributed by atoms with Gasteiger partial charge in [-0.25, -0.2) is 4.98 Å². The maximum atomic E-state index is 13.2. The first-order chi connectivity index (χ1) is 17.0. The van der Waals surface area contributed by atoms with Gasteiger partial charge in [0.25, 0.3) is 0 Å². The van der Waals surface area contributed by atoms with Gasteiger partial charge < -0.3 is 9.30 Å². The number of rotatable bonds is 8. The van der Waals surface area contributed by atoms with Crippen LogP contribution in [0, 0.1) is 20.8 Å². The first kappa shape index (κ1) is 25.8. The van der Waals surface area contributed by atoms with Crippen molar-refractivity contribution in [3.63, 3.8) is 0 Å². The fraction of sp³-hybridized carbons (Fsp3) is 0.240. The van der Waals surface area contributed by atoms with Crippen LogP contribution in [0.25, 0.3) is 5.69 Å². The molecule has 0 spiro atoms. The zero-order chi connectivity index (χ0) is 26.0. The molecule has 4 aromatic rings. The molecule has 0 aliphatic heterocycles. The van der Waals surface area contributed by atoms with Gasteiger partial charge >= 0.3 is 6.18 Å². The van der Waals surface area contributed by atoms with E-state index in [1.165, 1.54) is 6.07 Å². The van der Waals surface area contributed by atoms with Crippen molar-refractivity contribution in [3.8, 4) is 11.4 Å². The number of H-pyrrole nitrogens is 1. The van der Waals surface area contributed by atoms with Crippen molar-refractivity contribution in [1.29, 1.82) is 0 Å². The lowest BCUT2D eigenvalue weighted by Gasteiger charge is -2.13. The molecular weight excluding hydrogens is 513 g/mol. The lowest BCUT2D eigenvalue weighted by Crippen LogP contribution is -2.08. The van der Waals surface area contributed by atoms with Crippen molar-refractivity contribution in [2.75, 3.05) is 5.75 Å². The van der Waals surface area contributed by atoms with Gasteiger partial charge in [-0.2, -0.15) is 13.2 Å². The number of ether oxygens (including phenoxy) is 1. The first-order valence-electron chi connectivity index (χ1n) is 10.9. The number of alkyl halides is 3. The quantitative estimate of drug-likeness (QED) is 0.200. The van der Waals surface area contributed by atoms with E-state index in [2.05, 4.69) is 15.2 Å². The Hall–Kier alpha value is -3.24. The van der Waals surface area contributed by atoms with Crippen molar-refractivity contribution in [1.82, 2.24) is 19.7 Å². The Morgan fingerprint density at radius 3 is 2.64 bits per heavy atom. The normalized spacial score (nSPS) is 11.6. The van der Waals surface area contributed by atoms with Gasteiger partial charge in [0.15, 0.2) is 11.6 Å². The highest BCUT2D eigenvalue weighted by Gasteiger charge is 2.31. The number of hydrogen-bond acceptors (Lipinski definition) is 5. The monoisotopic (exact) mass is 534 g/mol. The highest BCUT2D eigenvalue weighted by atomic mass is 35.5. The minimum absolute atomic E-state index is 0.0708. The number of benzene rings is 2. The number of aromatic nitrogens is 4. The highest BCUT2D eigenvalue weighted by molar-refractivity contribution is 7.99. The average Bonchev–Trinajstić information content (AvgIpc) is 3.41. The molecular formula is C25H22ClF3N4O2S. The minimum Gasteiger partial charge on any atom is -0.486 e. The molecule has 0 aliphatic rings. The highest BCUT2D eigenvalue weighted by Crippen LogP contribution is 2.32. The molecule has 1 N–H and O–H groups in total. The summed E-state index contributed by atoms with van der Waals surface area (Å²) in [6.07, 6.45) is -4.45. The molecule has 2 aromatic carbocycles. The van der Waals surface area contributed by atoms with E-state index in [0.29, 0.717) is 44.4 Å². The topological polar surface area (TPSA) is 72.8 Å². The van der Waals surface area contributed by atoms with Crippen LogP contribution in [0.15, 0.2) is 53.7 Å². The van der Waals surface area contributed by atoms with Crippen LogP contribution < -0.4 is 4.74 Å². The molecule has 0 fully saturated rings. The van der Waals surface area contributed by atoms with Crippen LogP contribution >= 0.6 is 23.4 Å². The first-order valence-corrected chi connectivity index (χ1v) is 12.2. The summed E-state index contributed by atoms with van der Waals surface area (Å²) >= 11 is 7.18. The Labute approximate surface area is 214 Å². The molecule has 2 heterocycles. The van der Waals surface area contributed by atoms with E-state index in [1.807, 2.05) is 13.0 Å². The van der Waals surface area contributed by atoms with E-state index in [4.69, 9.17) is 16.3 Å². The lowest BCUT2D eigenvalue weighted by atomic mass is 10.1. The molecule has 2 aromatic heterocycles. The van der Waals surface area contributed by atoms with Crippen LogP contribution in [0.4, 0.5) is 13.2 Å². The Balaban J connectivity index is 1.41. The van der Waals surface area contributed by atoms with Gasteiger partial charge in [0.05, 0.1) is 11.3 Å². The number of ketones is 1. The molecule has 36 heavy (non-hydrogen) atoms. The number of carbonyl (C=O) groups excluding carboxylic acids is 1. The minimum atomic E-state index is -4.45. The number of nitrogens with one attached hydrogen (secondary N) is 1. The largest absolute Gasteiger partial charge is 0.486 e. The third-order valence-electron chi connectivity index (χ3n) is 5.51. The second kappa shape index (κ2) is 10.4. The lowest BCUT2D eigenvalue weighted by molar-refractivity contribution is -0.137. The molecule has 0 aliphatic carbocycles. The van der Waals surface area contributed by atoms with Crippen LogP contribution in [0.2, 0.25) is 5.02 Å². The van der Waals surface area contributed by atoms with Gasteiger partial charge in [-0.3, -0.25) is 9.89 Å². The molecule has 0 bridgehead atoms. The van der Waals surface area contributed by atoms with Crippen molar-refractivity contribution in [2.24, 2.45) is 0 Å². The summed E-state index contributed by atoms with van der Waals surface area (Å²) in [5, 5.41) is 7.95. The van der Waals surface area contributed by atoms with E-state index in [-0.39, 0.29) is 18.1 Å². The maximum absolute atomic E-state index is 13.2. The molecule has 188 valence electrons. The van der Waals surface area contributed by atoms with Crippen molar-refractivity contribution >= 4 is 29.1 Å². The molecule has 0 atom stereocenters. The number of aromatic amines is 1. The molecule has 6 nitrogen and oxygen atoms in total. The third-order valence-corrected chi connectivity index (χ3v) is 6.78. The summed E-state index contributed by atoms with van der Waals surface area (Å²) in [4.78, 5) is 17.3. The van der Waals surface area contributed by atoms with Crippen LogP contribution in [-0.2, 0) is 12.8 Å². The molecule has 11 heteroatoms. The summed E-state index contributed by atoms with van der Waals surface area (Å²) in [5.74, 6) is 1.04. The Bertz CT molecular complexity index is 1410. The smallest absolute Gasteiger partial charge is 0.416 e. The van der Waals surface area contributed by atoms with Crippen LogP contribution in [0.5, 0.6) is 5.75 Å². The van der Waals surface area contributed by atoms with E-state index in [1.54, 1.807) is 42.7 Å². The van der Waals surface area contributed by atoms with E-state index in [0.717, 1.165) is 29.5 Å². The number of thioether (sulfide) groups is 1. The summed E-state index contributed by atoms with van der Waals surface area (Å²) in [5.41, 5.74) is 2.17. The summed E-state index contributed by atoms with van der Waals surface area (Å²) in [7, 11) is 0. The molecule has 0 unspecified atom stereocenters. The molecule has 4 rings (SSSR count). The van der Waals surface area contributed by atoms with E-state index >= 15 is 0 Å². The molecule has 0 saturated carbocycles. The van der Waals surface area contributed by atoms with Gasteiger partial charge in [0.2, 0.25) is 5.16 Å². The van der Waals surface area contributed by atoms with Crippen molar-refractivity contribution in [3.05, 3.63) is 87.5 Å². The number of carbonyl (C=O) groups is 1. The van der Waals surface area contributed by atoms with Gasteiger partial charge in [0, 0.05) is 27.7 Å². The van der Waals surface area contributed by atoms with Gasteiger partial charge in [-0.15, -0.1) is 5.10 Å². The van der Waals surface area contributed by atoms with Crippen LogP contribution in [0.3, 0.4) is 0 Å². The Morgan fingerprint density at radius 2 is 1.92 bits per heavy atom. The molecule has 0 radical (unpaired) electrons. The second-order valence-electron chi connectivity index (χ2n) is 8.14. The van der Waals surface area contributed by atoms with Gasteiger partial charge in [-0.05, 0) is 68.8 Å². The predicted octanol–water partition coefficient (Wildman–Crippen LogP) is 6.75. The summed E-state index contributed by atoms with van der Waals surface area (Å²) in [6, 6.07) is 12.1.